The molecule has 0 fully saturated rings. The molecule has 0 saturated heterocycles. The van der Waals surface area contributed by atoms with Crippen molar-refractivity contribution in [2.45, 2.75) is 26.6 Å². The van der Waals surface area contributed by atoms with Crippen molar-refractivity contribution in [2.75, 3.05) is 40.7 Å². The molecule has 38 heavy (non-hydrogen) atoms. The zero-order valence-electron chi connectivity index (χ0n) is 21.3. The number of anilines is 5. The van der Waals surface area contributed by atoms with Crippen LogP contribution < -0.4 is 25.0 Å². The second-order valence-electron chi connectivity index (χ2n) is 8.37. The number of carbonyl (C=O) groups is 1. The summed E-state index contributed by atoms with van der Waals surface area (Å²) in [6.45, 7) is 2.96. The number of nitrogens with one attached hydrogen (secondary N) is 3. The third-order valence-electron chi connectivity index (χ3n) is 5.46. The Labute approximate surface area is 218 Å². The van der Waals surface area contributed by atoms with Gasteiger partial charge < -0.3 is 20.7 Å². The van der Waals surface area contributed by atoms with Gasteiger partial charge in [-0.15, -0.1) is 0 Å². The first-order valence-electron chi connectivity index (χ1n) is 11.1. The van der Waals surface area contributed by atoms with E-state index < -0.39 is 27.6 Å². The lowest BCUT2D eigenvalue weighted by Gasteiger charge is -2.22. The Balaban J connectivity index is 1.93. The number of rotatable bonds is 9. The molecule has 0 aliphatic heterocycles. The molecule has 0 aliphatic rings. The zero-order chi connectivity index (χ0) is 28.3. The van der Waals surface area contributed by atoms with Crippen molar-refractivity contribution >= 4 is 44.8 Å². The van der Waals surface area contributed by atoms with E-state index in [2.05, 4.69) is 25.9 Å². The van der Waals surface area contributed by atoms with Gasteiger partial charge in [-0.05, 0) is 42.3 Å². The highest BCUT2D eigenvalue weighted by Gasteiger charge is 2.35. The largest absolute Gasteiger partial charge is 0.497 e. The van der Waals surface area contributed by atoms with Gasteiger partial charge in [-0.2, -0.15) is 18.2 Å². The van der Waals surface area contributed by atoms with Gasteiger partial charge in [0, 0.05) is 44.2 Å². The molecule has 3 rings (SSSR count). The number of hydrogen-bond donors (Lipinski definition) is 3. The predicted octanol–water partition coefficient (Wildman–Crippen LogP) is 4.52. The average molecular weight is 553 g/mol. The molecule has 0 atom stereocenters. The van der Waals surface area contributed by atoms with Crippen molar-refractivity contribution in [2.24, 2.45) is 0 Å². The first kappa shape index (κ1) is 28.5. The van der Waals surface area contributed by atoms with Crippen molar-refractivity contribution in [3.05, 3.63) is 59.3 Å². The lowest BCUT2D eigenvalue weighted by Crippen LogP contribution is -2.26. The summed E-state index contributed by atoms with van der Waals surface area (Å²) in [6, 6.07) is 9.55. The highest BCUT2D eigenvalue weighted by molar-refractivity contribution is 7.92. The number of aryl methyl sites for hydroxylation is 1. The van der Waals surface area contributed by atoms with Gasteiger partial charge in [0.1, 0.15) is 17.1 Å². The number of hydrogen-bond acceptors (Lipinski definition) is 8. The summed E-state index contributed by atoms with van der Waals surface area (Å²) in [7, 11) is -0.913. The number of carbonyl (C=O) groups excluding carboxylic acids is 1. The topological polar surface area (TPSA) is 126 Å². The smallest absolute Gasteiger partial charge is 0.421 e. The zero-order valence-corrected chi connectivity index (χ0v) is 22.1. The van der Waals surface area contributed by atoms with Gasteiger partial charge in [-0.3, -0.25) is 9.10 Å². The number of sulfonamides is 1. The minimum atomic E-state index is -4.75. The van der Waals surface area contributed by atoms with Crippen LogP contribution in [0.4, 0.5) is 42.0 Å². The van der Waals surface area contributed by atoms with Crippen LogP contribution >= 0.6 is 0 Å². The van der Waals surface area contributed by atoms with E-state index in [9.17, 15) is 26.4 Å². The predicted molar refractivity (Wildman–Crippen MR) is 139 cm³/mol. The van der Waals surface area contributed by atoms with E-state index in [1.165, 1.54) is 27.1 Å². The molecule has 2 aromatic carbocycles. The Morgan fingerprint density at radius 3 is 2.45 bits per heavy atom. The van der Waals surface area contributed by atoms with Gasteiger partial charge in [-0.1, -0.05) is 6.07 Å². The lowest BCUT2D eigenvalue weighted by molar-refractivity contribution is -0.137. The molecule has 0 unspecified atom stereocenters. The third-order valence-corrected chi connectivity index (χ3v) is 6.65. The molecule has 0 bridgehead atoms. The summed E-state index contributed by atoms with van der Waals surface area (Å²) in [6.07, 6.45) is -3.07. The van der Waals surface area contributed by atoms with Crippen LogP contribution in [-0.4, -0.2) is 44.7 Å². The van der Waals surface area contributed by atoms with E-state index in [1.807, 2.05) is 0 Å². The fourth-order valence-corrected chi connectivity index (χ4v) is 3.98. The maximum Gasteiger partial charge on any atom is 0.421 e. The Hall–Kier alpha value is -4.07. The monoisotopic (exact) mass is 552 g/mol. The van der Waals surface area contributed by atoms with E-state index in [4.69, 9.17) is 4.74 Å². The van der Waals surface area contributed by atoms with Gasteiger partial charge in [-0.25, -0.2) is 13.4 Å². The number of methoxy groups -OCH3 is 1. The standard InChI is InChI=1S/C24H27F3N6O4S/c1-14-10-17(7-9-20(14)30-15(2)34)31-23-29-13-19(24(25,26)27)22(32-23)28-12-16-6-8-18(37-4)11-21(16)33(3)38(5,35)36/h6-11,13H,12H2,1-5H3,(H,30,34)(H2,28,29,31,32). The Morgan fingerprint density at radius 2 is 1.87 bits per heavy atom. The highest BCUT2D eigenvalue weighted by atomic mass is 32.2. The fraction of sp³-hybridized carbons (Fsp3) is 0.292. The van der Waals surface area contributed by atoms with E-state index >= 15 is 0 Å². The summed E-state index contributed by atoms with van der Waals surface area (Å²) >= 11 is 0. The van der Waals surface area contributed by atoms with Gasteiger partial charge in [0.05, 0.1) is 19.1 Å². The molecule has 3 aromatic rings. The van der Waals surface area contributed by atoms with Crippen molar-refractivity contribution in [1.82, 2.24) is 9.97 Å². The molecule has 0 aliphatic carbocycles. The SMILES string of the molecule is COc1ccc(CNc2nc(Nc3ccc(NC(C)=O)c(C)c3)ncc2C(F)(F)F)c(N(C)S(C)(=O)=O)c1. The van der Waals surface area contributed by atoms with Crippen LogP contribution in [0.5, 0.6) is 5.75 Å². The summed E-state index contributed by atoms with van der Waals surface area (Å²) in [5.74, 6) is -0.456. The molecule has 0 saturated carbocycles. The molecule has 0 spiro atoms. The fourth-order valence-electron chi connectivity index (χ4n) is 3.46. The molecule has 0 radical (unpaired) electrons. The van der Waals surface area contributed by atoms with E-state index in [1.54, 1.807) is 37.3 Å². The summed E-state index contributed by atoms with van der Waals surface area (Å²) < 4.78 is 71.6. The van der Waals surface area contributed by atoms with Crippen LogP contribution in [0.25, 0.3) is 0 Å². The van der Waals surface area contributed by atoms with Crippen LogP contribution in [0, 0.1) is 6.92 Å². The Kier molecular flexibility index (Phi) is 8.35. The van der Waals surface area contributed by atoms with Crippen molar-refractivity contribution < 1.29 is 31.1 Å². The molecular formula is C24H27F3N6O4S. The number of nitrogens with zero attached hydrogens (tertiary/aromatic N) is 3. The summed E-state index contributed by atoms with van der Waals surface area (Å²) in [4.78, 5) is 19.1. The third kappa shape index (κ3) is 7.03. The van der Waals surface area contributed by atoms with E-state index in [0.717, 1.165) is 16.1 Å². The average Bonchev–Trinajstić information content (AvgIpc) is 2.82. The van der Waals surface area contributed by atoms with Gasteiger partial charge in [0.25, 0.3) is 0 Å². The van der Waals surface area contributed by atoms with Crippen LogP contribution in [0.15, 0.2) is 42.6 Å². The van der Waals surface area contributed by atoms with Crippen molar-refractivity contribution in [1.29, 1.82) is 0 Å². The summed E-state index contributed by atoms with van der Waals surface area (Å²) in [5, 5.41) is 8.20. The highest BCUT2D eigenvalue weighted by Crippen LogP contribution is 2.35. The maximum absolute atomic E-state index is 13.7. The van der Waals surface area contributed by atoms with Crippen LogP contribution in [0.3, 0.4) is 0 Å². The molecule has 1 heterocycles. The molecular weight excluding hydrogens is 525 g/mol. The van der Waals surface area contributed by atoms with Gasteiger partial charge >= 0.3 is 6.18 Å². The van der Waals surface area contributed by atoms with Crippen LogP contribution in [0.1, 0.15) is 23.6 Å². The molecule has 204 valence electrons. The first-order valence-corrected chi connectivity index (χ1v) is 13.0. The lowest BCUT2D eigenvalue weighted by atomic mass is 10.1. The van der Waals surface area contributed by atoms with E-state index in [0.29, 0.717) is 28.9 Å². The normalized spacial score (nSPS) is 11.6. The Morgan fingerprint density at radius 1 is 1.16 bits per heavy atom. The summed E-state index contributed by atoms with van der Waals surface area (Å²) in [5.41, 5.74) is 1.34. The van der Waals surface area contributed by atoms with Crippen LogP contribution in [-0.2, 0) is 27.5 Å². The molecule has 14 heteroatoms. The second kappa shape index (κ2) is 11.1. The number of aromatic nitrogens is 2. The number of halogens is 3. The quantitative estimate of drug-likeness (QED) is 0.354. The van der Waals surface area contributed by atoms with Gasteiger partial charge in [0.2, 0.25) is 21.9 Å². The van der Waals surface area contributed by atoms with E-state index in [-0.39, 0.29) is 24.1 Å². The number of benzene rings is 2. The number of alkyl halides is 3. The molecule has 3 N–H and O–H groups in total. The number of amides is 1. The molecule has 10 nitrogen and oxygen atoms in total. The van der Waals surface area contributed by atoms with Crippen molar-refractivity contribution in [3.63, 3.8) is 0 Å². The Bertz CT molecular complexity index is 1450. The molecule has 1 aromatic heterocycles. The minimum Gasteiger partial charge on any atom is -0.497 e. The second-order valence-corrected chi connectivity index (χ2v) is 10.4. The molecule has 1 amide bonds. The van der Waals surface area contributed by atoms with Crippen molar-refractivity contribution in [3.8, 4) is 5.75 Å². The maximum atomic E-state index is 13.7. The first-order chi connectivity index (χ1) is 17.7. The minimum absolute atomic E-state index is 0.101. The van der Waals surface area contributed by atoms with Gasteiger partial charge in [0.15, 0.2) is 0 Å². The number of ether oxygens (including phenoxy) is 1. The van der Waals surface area contributed by atoms with Crippen LogP contribution in [0.2, 0.25) is 0 Å².